The van der Waals surface area contributed by atoms with Crippen LogP contribution in [0.1, 0.15) is 42.1 Å². The first kappa shape index (κ1) is 13.4. The largest absolute Gasteiger partial charge is 0.386 e. The molecule has 108 valence electrons. The highest BCUT2D eigenvalue weighted by Crippen LogP contribution is 2.31. The van der Waals surface area contributed by atoms with Crippen LogP contribution in [-0.4, -0.2) is 41.1 Å². The Morgan fingerprint density at radius 1 is 1.45 bits per heavy atom. The molecule has 3 rings (SSSR count). The monoisotopic (exact) mass is 274 g/mol. The molecule has 0 radical (unpaired) electrons. The summed E-state index contributed by atoms with van der Waals surface area (Å²) in [7, 11) is 0. The van der Waals surface area contributed by atoms with Gasteiger partial charge in [-0.2, -0.15) is 0 Å². The smallest absolute Gasteiger partial charge is 0.254 e. The van der Waals surface area contributed by atoms with Crippen LogP contribution < -0.4 is 5.32 Å². The van der Waals surface area contributed by atoms with Gasteiger partial charge in [-0.1, -0.05) is 19.4 Å². The lowest BCUT2D eigenvalue weighted by Crippen LogP contribution is -2.63. The van der Waals surface area contributed by atoms with E-state index in [1.807, 2.05) is 18.2 Å². The average Bonchev–Trinajstić information content (AvgIpc) is 2.43. The SMILES string of the molecule is CCCC1(O)CN(C(=O)c2cccc3c2CCCN3)C1. The molecule has 2 N–H and O–H groups in total. The lowest BCUT2D eigenvalue weighted by molar-refractivity contribution is -0.0860. The number of rotatable bonds is 3. The van der Waals surface area contributed by atoms with Gasteiger partial charge in [0.1, 0.15) is 0 Å². The Morgan fingerprint density at radius 3 is 3.00 bits per heavy atom. The van der Waals surface area contributed by atoms with Crippen LogP contribution >= 0.6 is 0 Å². The van der Waals surface area contributed by atoms with E-state index in [-0.39, 0.29) is 5.91 Å². The summed E-state index contributed by atoms with van der Waals surface area (Å²) in [6, 6.07) is 5.88. The number of hydrogen-bond donors (Lipinski definition) is 2. The van der Waals surface area contributed by atoms with Crippen LogP contribution in [0.4, 0.5) is 5.69 Å². The van der Waals surface area contributed by atoms with E-state index in [1.54, 1.807) is 4.90 Å². The van der Waals surface area contributed by atoms with Crippen LogP contribution in [0.25, 0.3) is 0 Å². The van der Waals surface area contributed by atoms with Crippen molar-refractivity contribution in [3.8, 4) is 0 Å². The first-order valence-electron chi connectivity index (χ1n) is 7.50. The number of carbonyl (C=O) groups excluding carboxylic acids is 1. The van der Waals surface area contributed by atoms with Gasteiger partial charge in [0.15, 0.2) is 0 Å². The molecule has 1 aromatic carbocycles. The van der Waals surface area contributed by atoms with Gasteiger partial charge in [0.05, 0.1) is 18.7 Å². The summed E-state index contributed by atoms with van der Waals surface area (Å²) in [4.78, 5) is 14.3. The molecule has 0 aromatic heterocycles. The van der Waals surface area contributed by atoms with Crippen LogP contribution in [-0.2, 0) is 6.42 Å². The van der Waals surface area contributed by atoms with E-state index in [2.05, 4.69) is 12.2 Å². The first-order valence-corrected chi connectivity index (χ1v) is 7.50. The van der Waals surface area contributed by atoms with E-state index >= 15 is 0 Å². The number of aliphatic hydroxyl groups is 1. The van der Waals surface area contributed by atoms with Gasteiger partial charge in [0.25, 0.3) is 5.91 Å². The Labute approximate surface area is 119 Å². The summed E-state index contributed by atoms with van der Waals surface area (Å²) in [5.74, 6) is 0.0614. The van der Waals surface area contributed by atoms with Crippen molar-refractivity contribution < 1.29 is 9.90 Å². The fourth-order valence-electron chi connectivity index (χ4n) is 3.31. The molecule has 0 aliphatic carbocycles. The molecule has 0 bridgehead atoms. The van der Waals surface area contributed by atoms with Crippen molar-refractivity contribution in [2.24, 2.45) is 0 Å². The zero-order valence-corrected chi connectivity index (χ0v) is 12.0. The normalized spacial score (nSPS) is 19.8. The maximum absolute atomic E-state index is 12.6. The van der Waals surface area contributed by atoms with Crippen molar-refractivity contribution in [2.45, 2.75) is 38.2 Å². The minimum Gasteiger partial charge on any atom is -0.386 e. The molecule has 4 nitrogen and oxygen atoms in total. The molecular formula is C16H22N2O2. The van der Waals surface area contributed by atoms with Crippen LogP contribution in [0.5, 0.6) is 0 Å². The molecule has 4 heteroatoms. The molecule has 1 fully saturated rings. The molecule has 1 aromatic rings. The summed E-state index contributed by atoms with van der Waals surface area (Å²) in [6.45, 7) is 3.97. The third-order valence-electron chi connectivity index (χ3n) is 4.30. The van der Waals surface area contributed by atoms with Crippen LogP contribution in [0.2, 0.25) is 0 Å². The average molecular weight is 274 g/mol. The first-order chi connectivity index (χ1) is 9.63. The van der Waals surface area contributed by atoms with E-state index in [1.165, 1.54) is 0 Å². The van der Waals surface area contributed by atoms with E-state index in [0.29, 0.717) is 13.1 Å². The standard InChI is InChI=1S/C16H22N2O2/c1-2-8-16(20)10-18(11-16)15(19)13-5-3-7-14-12(13)6-4-9-17-14/h3,5,7,17,20H,2,4,6,8-11H2,1H3. The molecule has 2 aliphatic rings. The molecule has 0 spiro atoms. The maximum Gasteiger partial charge on any atom is 0.254 e. The minimum atomic E-state index is -0.655. The zero-order valence-electron chi connectivity index (χ0n) is 12.0. The minimum absolute atomic E-state index is 0.0614. The maximum atomic E-state index is 12.6. The predicted octanol–water partition coefficient (Wildman–Crippen LogP) is 2.03. The Kier molecular flexibility index (Phi) is 3.42. The number of likely N-dealkylation sites (tertiary alicyclic amines) is 1. The Bertz CT molecular complexity index is 521. The summed E-state index contributed by atoms with van der Waals surface area (Å²) in [5, 5.41) is 13.6. The number of anilines is 1. The molecular weight excluding hydrogens is 252 g/mol. The van der Waals surface area contributed by atoms with Crippen LogP contribution in [0.15, 0.2) is 18.2 Å². The number of β-amino-alcohol motifs (C(OH)–C–C–N with tert-alkyl or cyclic N) is 1. The van der Waals surface area contributed by atoms with Crippen molar-refractivity contribution in [3.05, 3.63) is 29.3 Å². The molecule has 0 saturated carbocycles. The van der Waals surface area contributed by atoms with E-state index in [4.69, 9.17) is 0 Å². The number of nitrogens with one attached hydrogen (secondary N) is 1. The third kappa shape index (κ3) is 2.29. The van der Waals surface area contributed by atoms with Crippen molar-refractivity contribution in [1.29, 1.82) is 0 Å². The summed E-state index contributed by atoms with van der Waals surface area (Å²) in [6.07, 6.45) is 3.74. The van der Waals surface area contributed by atoms with Gasteiger partial charge in [-0.3, -0.25) is 4.79 Å². The lowest BCUT2D eigenvalue weighted by atomic mass is 9.87. The summed E-state index contributed by atoms with van der Waals surface area (Å²) >= 11 is 0. The number of benzene rings is 1. The molecule has 0 atom stereocenters. The predicted molar refractivity (Wildman–Crippen MR) is 79.0 cm³/mol. The van der Waals surface area contributed by atoms with Crippen molar-refractivity contribution in [2.75, 3.05) is 25.0 Å². The number of hydrogen-bond acceptors (Lipinski definition) is 3. The molecule has 0 unspecified atom stereocenters. The summed E-state index contributed by atoms with van der Waals surface area (Å²) in [5.41, 5.74) is 2.37. The second-order valence-corrected chi connectivity index (χ2v) is 6.00. The van der Waals surface area contributed by atoms with E-state index in [9.17, 15) is 9.90 Å². The molecule has 1 amide bonds. The highest BCUT2D eigenvalue weighted by molar-refractivity contribution is 5.98. The van der Waals surface area contributed by atoms with Gasteiger partial charge in [0.2, 0.25) is 0 Å². The summed E-state index contributed by atoms with van der Waals surface area (Å²) < 4.78 is 0. The van der Waals surface area contributed by atoms with Gasteiger partial charge in [-0.25, -0.2) is 0 Å². The third-order valence-corrected chi connectivity index (χ3v) is 4.30. The number of fused-ring (bicyclic) bond motifs is 1. The van der Waals surface area contributed by atoms with Crippen molar-refractivity contribution in [1.82, 2.24) is 4.90 Å². The van der Waals surface area contributed by atoms with Gasteiger partial charge in [-0.15, -0.1) is 0 Å². The molecule has 20 heavy (non-hydrogen) atoms. The second kappa shape index (κ2) is 5.09. The van der Waals surface area contributed by atoms with Gasteiger partial charge in [0, 0.05) is 17.8 Å². The molecule has 1 saturated heterocycles. The second-order valence-electron chi connectivity index (χ2n) is 6.00. The highest BCUT2D eigenvalue weighted by atomic mass is 16.3. The van der Waals surface area contributed by atoms with Crippen molar-refractivity contribution >= 4 is 11.6 Å². The number of amides is 1. The number of nitrogens with zero attached hydrogens (tertiary/aromatic N) is 1. The van der Waals surface area contributed by atoms with Crippen LogP contribution in [0.3, 0.4) is 0 Å². The van der Waals surface area contributed by atoms with Gasteiger partial charge < -0.3 is 15.3 Å². The number of carbonyl (C=O) groups is 1. The Morgan fingerprint density at radius 2 is 2.25 bits per heavy atom. The van der Waals surface area contributed by atoms with Gasteiger partial charge >= 0.3 is 0 Å². The fraction of sp³-hybridized carbons (Fsp3) is 0.562. The Hall–Kier alpha value is -1.55. The lowest BCUT2D eigenvalue weighted by Gasteiger charge is -2.46. The van der Waals surface area contributed by atoms with E-state index < -0.39 is 5.60 Å². The molecule has 2 aliphatic heterocycles. The topological polar surface area (TPSA) is 52.6 Å². The zero-order chi connectivity index (χ0) is 14.2. The van der Waals surface area contributed by atoms with Crippen molar-refractivity contribution in [3.63, 3.8) is 0 Å². The van der Waals surface area contributed by atoms with Gasteiger partial charge in [-0.05, 0) is 37.0 Å². The Balaban J connectivity index is 1.76. The van der Waals surface area contributed by atoms with E-state index in [0.717, 1.165) is 49.0 Å². The quantitative estimate of drug-likeness (QED) is 0.887. The van der Waals surface area contributed by atoms with Crippen LogP contribution in [0, 0.1) is 0 Å². The molecule has 2 heterocycles. The fourth-order valence-corrected chi connectivity index (χ4v) is 3.31. The highest BCUT2D eigenvalue weighted by Gasteiger charge is 2.43.